The summed E-state index contributed by atoms with van der Waals surface area (Å²) in [6.45, 7) is 1.88. The van der Waals surface area contributed by atoms with Crippen LogP contribution >= 0.6 is 11.3 Å². The number of ketones is 1. The third-order valence-corrected chi connectivity index (χ3v) is 4.19. The normalized spacial score (nSPS) is 20.6. The number of Topliss-reactive ketones (excluding diaryl/α,β-unsaturated/α-hetero) is 1. The van der Waals surface area contributed by atoms with Crippen molar-refractivity contribution in [2.45, 2.75) is 18.9 Å². The van der Waals surface area contributed by atoms with Crippen molar-refractivity contribution < 1.29 is 14.7 Å². The Labute approximate surface area is 120 Å². The van der Waals surface area contributed by atoms with E-state index in [2.05, 4.69) is 5.32 Å². The van der Waals surface area contributed by atoms with Gasteiger partial charge in [0.2, 0.25) is 0 Å². The van der Waals surface area contributed by atoms with E-state index >= 15 is 0 Å². The zero-order valence-corrected chi connectivity index (χ0v) is 11.7. The van der Waals surface area contributed by atoms with Gasteiger partial charge in [-0.2, -0.15) is 11.3 Å². The van der Waals surface area contributed by atoms with Crippen LogP contribution in [0.15, 0.2) is 35.0 Å². The van der Waals surface area contributed by atoms with Gasteiger partial charge in [-0.05, 0) is 24.4 Å². The molecule has 102 valence electrons. The lowest BCUT2D eigenvalue weighted by molar-refractivity contribution is -0.133. The molecule has 1 aromatic heterocycles. The van der Waals surface area contributed by atoms with Crippen LogP contribution in [0.3, 0.4) is 0 Å². The Kier molecular flexibility index (Phi) is 2.96. The molecule has 0 saturated carbocycles. The number of carbonyl (C=O) groups is 2. The van der Waals surface area contributed by atoms with Crippen molar-refractivity contribution in [3.63, 3.8) is 0 Å². The van der Waals surface area contributed by atoms with E-state index in [1.807, 2.05) is 13.0 Å². The maximum atomic E-state index is 12.2. The van der Waals surface area contributed by atoms with E-state index in [9.17, 15) is 14.7 Å². The first-order valence-electron chi connectivity index (χ1n) is 6.21. The molecule has 2 aromatic rings. The Morgan fingerprint density at radius 2 is 2.20 bits per heavy atom. The zero-order chi connectivity index (χ0) is 14.3. The van der Waals surface area contributed by atoms with E-state index in [-0.39, 0.29) is 12.2 Å². The van der Waals surface area contributed by atoms with Gasteiger partial charge < -0.3 is 10.4 Å². The third kappa shape index (κ3) is 1.95. The van der Waals surface area contributed by atoms with Crippen LogP contribution in [0, 0.1) is 6.92 Å². The first kappa shape index (κ1) is 13.0. The summed E-state index contributed by atoms with van der Waals surface area (Å²) in [5, 5.41) is 16.8. The van der Waals surface area contributed by atoms with Crippen molar-refractivity contribution in [3.05, 3.63) is 51.7 Å². The van der Waals surface area contributed by atoms with Gasteiger partial charge in [0, 0.05) is 22.2 Å². The summed E-state index contributed by atoms with van der Waals surface area (Å²) in [4.78, 5) is 24.2. The maximum absolute atomic E-state index is 12.2. The van der Waals surface area contributed by atoms with E-state index in [0.717, 1.165) is 5.56 Å². The van der Waals surface area contributed by atoms with Crippen LogP contribution in [-0.2, 0) is 10.4 Å². The van der Waals surface area contributed by atoms with Crippen LogP contribution in [0.4, 0.5) is 5.69 Å². The molecule has 4 nitrogen and oxygen atoms in total. The molecule has 1 atom stereocenters. The number of aliphatic hydroxyl groups is 1. The maximum Gasteiger partial charge on any atom is 0.261 e. The second kappa shape index (κ2) is 4.54. The highest BCUT2D eigenvalue weighted by molar-refractivity contribution is 7.08. The molecule has 0 aliphatic carbocycles. The fourth-order valence-corrected chi connectivity index (χ4v) is 3.05. The molecule has 2 heterocycles. The van der Waals surface area contributed by atoms with Gasteiger partial charge in [-0.3, -0.25) is 9.59 Å². The van der Waals surface area contributed by atoms with Crippen molar-refractivity contribution in [1.82, 2.24) is 0 Å². The number of thiophene rings is 1. The summed E-state index contributed by atoms with van der Waals surface area (Å²) in [6, 6.07) is 7.04. The number of hydrogen-bond acceptors (Lipinski definition) is 4. The predicted octanol–water partition coefficient (Wildman–Crippen LogP) is 2.47. The van der Waals surface area contributed by atoms with Crippen molar-refractivity contribution in [1.29, 1.82) is 0 Å². The van der Waals surface area contributed by atoms with E-state index in [1.165, 1.54) is 11.3 Å². The molecule has 0 bridgehead atoms. The first-order chi connectivity index (χ1) is 9.50. The quantitative estimate of drug-likeness (QED) is 0.852. The Morgan fingerprint density at radius 3 is 2.90 bits per heavy atom. The van der Waals surface area contributed by atoms with Gasteiger partial charge >= 0.3 is 0 Å². The van der Waals surface area contributed by atoms with E-state index in [0.29, 0.717) is 16.8 Å². The summed E-state index contributed by atoms with van der Waals surface area (Å²) >= 11 is 1.41. The lowest BCUT2D eigenvalue weighted by Gasteiger charge is -2.20. The topological polar surface area (TPSA) is 66.4 Å². The lowest BCUT2D eigenvalue weighted by Crippen LogP contribution is -2.36. The average Bonchev–Trinajstić information content (AvgIpc) is 3.00. The van der Waals surface area contributed by atoms with E-state index in [4.69, 9.17) is 0 Å². The molecule has 1 unspecified atom stereocenters. The molecular weight excluding hydrogens is 274 g/mol. The van der Waals surface area contributed by atoms with Gasteiger partial charge in [0.25, 0.3) is 5.91 Å². The van der Waals surface area contributed by atoms with Crippen LogP contribution in [-0.4, -0.2) is 16.8 Å². The minimum absolute atomic E-state index is 0.238. The largest absolute Gasteiger partial charge is 0.375 e. The van der Waals surface area contributed by atoms with Crippen molar-refractivity contribution >= 4 is 28.7 Å². The van der Waals surface area contributed by atoms with Gasteiger partial charge in [0.15, 0.2) is 11.4 Å². The third-order valence-electron chi connectivity index (χ3n) is 3.50. The van der Waals surface area contributed by atoms with Gasteiger partial charge in [-0.25, -0.2) is 0 Å². The van der Waals surface area contributed by atoms with Crippen LogP contribution in [0.1, 0.15) is 27.9 Å². The number of fused-ring (bicyclic) bond motifs is 1. The van der Waals surface area contributed by atoms with E-state index < -0.39 is 11.5 Å². The molecule has 5 heteroatoms. The SMILES string of the molecule is Cc1ccc2c(c1)C(O)(CC(=O)c1ccsc1)C(=O)N2. The molecule has 1 aromatic carbocycles. The fraction of sp³-hybridized carbons (Fsp3) is 0.200. The molecule has 1 aliphatic rings. The van der Waals surface area contributed by atoms with Gasteiger partial charge in [-0.1, -0.05) is 17.7 Å². The zero-order valence-electron chi connectivity index (χ0n) is 10.8. The fourth-order valence-electron chi connectivity index (χ4n) is 2.39. The van der Waals surface area contributed by atoms with Crippen LogP contribution in [0.2, 0.25) is 0 Å². The van der Waals surface area contributed by atoms with Crippen LogP contribution in [0.25, 0.3) is 0 Å². The molecular formula is C15H13NO3S. The second-order valence-corrected chi connectivity index (χ2v) is 5.76. The Bertz CT molecular complexity index is 693. The van der Waals surface area contributed by atoms with Crippen molar-refractivity contribution in [2.24, 2.45) is 0 Å². The summed E-state index contributed by atoms with van der Waals surface area (Å²) < 4.78 is 0. The summed E-state index contributed by atoms with van der Waals surface area (Å²) in [7, 11) is 0. The van der Waals surface area contributed by atoms with Crippen LogP contribution < -0.4 is 5.32 Å². The molecule has 1 amide bonds. The molecule has 0 fully saturated rings. The minimum Gasteiger partial charge on any atom is -0.375 e. The monoisotopic (exact) mass is 287 g/mol. The standard InChI is InChI=1S/C15H13NO3S/c1-9-2-3-12-11(6-9)15(19,14(18)16-12)7-13(17)10-4-5-20-8-10/h2-6,8,19H,7H2,1H3,(H,16,18). The summed E-state index contributed by atoms with van der Waals surface area (Å²) in [6.07, 6.45) is -0.244. The molecule has 20 heavy (non-hydrogen) atoms. The molecule has 0 saturated heterocycles. The first-order valence-corrected chi connectivity index (χ1v) is 7.15. The number of rotatable bonds is 3. The summed E-state index contributed by atoms with van der Waals surface area (Å²) in [5.41, 5.74) is 0.728. The molecule has 2 N–H and O–H groups in total. The highest BCUT2D eigenvalue weighted by Crippen LogP contribution is 2.39. The number of hydrogen-bond donors (Lipinski definition) is 2. The predicted molar refractivity (Wildman–Crippen MR) is 77.0 cm³/mol. The Morgan fingerprint density at radius 1 is 1.40 bits per heavy atom. The highest BCUT2D eigenvalue weighted by atomic mass is 32.1. The number of aryl methyl sites for hydroxylation is 1. The van der Waals surface area contributed by atoms with Gasteiger partial charge in [0.1, 0.15) is 0 Å². The number of benzene rings is 1. The highest BCUT2D eigenvalue weighted by Gasteiger charge is 2.46. The number of anilines is 1. The van der Waals surface area contributed by atoms with Crippen molar-refractivity contribution in [3.8, 4) is 0 Å². The van der Waals surface area contributed by atoms with Crippen LogP contribution in [0.5, 0.6) is 0 Å². The average molecular weight is 287 g/mol. The van der Waals surface area contributed by atoms with Gasteiger partial charge in [-0.15, -0.1) is 0 Å². The second-order valence-electron chi connectivity index (χ2n) is 4.98. The molecule has 0 spiro atoms. The lowest BCUT2D eigenvalue weighted by atomic mass is 9.88. The molecule has 0 radical (unpaired) electrons. The van der Waals surface area contributed by atoms with Gasteiger partial charge in [0.05, 0.1) is 6.42 Å². The summed E-state index contributed by atoms with van der Waals surface area (Å²) in [5.74, 6) is -0.778. The molecule has 1 aliphatic heterocycles. The smallest absolute Gasteiger partial charge is 0.261 e. The number of nitrogens with one attached hydrogen (secondary N) is 1. The van der Waals surface area contributed by atoms with Crippen molar-refractivity contribution in [2.75, 3.05) is 5.32 Å². The van der Waals surface area contributed by atoms with E-state index in [1.54, 1.807) is 29.0 Å². The molecule has 3 rings (SSSR count). The number of carbonyl (C=O) groups excluding carboxylic acids is 2. The number of amides is 1. The minimum atomic E-state index is -1.78. The Hall–Kier alpha value is -1.98. The Balaban J connectivity index is 1.98.